The van der Waals surface area contributed by atoms with E-state index in [2.05, 4.69) is 10.6 Å². The Morgan fingerprint density at radius 3 is 2.59 bits per heavy atom. The van der Waals surface area contributed by atoms with E-state index in [1.807, 2.05) is 20.8 Å². The fourth-order valence-corrected chi connectivity index (χ4v) is 6.16. The number of hydrogen-bond acceptors (Lipinski definition) is 6. The lowest BCUT2D eigenvalue weighted by atomic mass is 9.62. The molecule has 3 amide bonds. The van der Waals surface area contributed by atoms with Gasteiger partial charge in [-0.25, -0.2) is 0 Å². The molecule has 3 saturated heterocycles. The summed E-state index contributed by atoms with van der Waals surface area (Å²) in [5.41, 5.74) is -1.35. The minimum Gasteiger partial charge on any atom is -0.497 e. The predicted molar refractivity (Wildman–Crippen MR) is 125 cm³/mol. The van der Waals surface area contributed by atoms with Crippen LogP contribution in [0.3, 0.4) is 0 Å². The summed E-state index contributed by atoms with van der Waals surface area (Å²) < 4.78 is 11.8. The summed E-state index contributed by atoms with van der Waals surface area (Å²) >= 11 is 0. The number of benzene rings is 1. The zero-order chi connectivity index (χ0) is 24.7. The summed E-state index contributed by atoms with van der Waals surface area (Å²) in [5.74, 6) is -1.57. The van der Waals surface area contributed by atoms with Crippen LogP contribution in [0.15, 0.2) is 24.3 Å². The molecular weight excluding hydrogens is 438 g/mol. The zero-order valence-electron chi connectivity index (χ0n) is 20.3. The molecule has 0 radical (unpaired) electrons. The van der Waals surface area contributed by atoms with E-state index < -0.39 is 29.1 Å². The summed E-state index contributed by atoms with van der Waals surface area (Å²) in [6, 6.07) is 6.06. The zero-order valence-corrected chi connectivity index (χ0v) is 20.3. The molecule has 0 saturated carbocycles. The number of nitrogens with zero attached hydrogens (tertiary/aromatic N) is 1. The van der Waals surface area contributed by atoms with Gasteiger partial charge in [0.1, 0.15) is 17.4 Å². The average Bonchev–Trinajstić information content (AvgIpc) is 3.33. The molecule has 3 aliphatic heterocycles. The Morgan fingerprint density at radius 2 is 1.97 bits per heavy atom. The van der Waals surface area contributed by atoms with Crippen LogP contribution in [0.1, 0.15) is 40.0 Å². The molecule has 3 unspecified atom stereocenters. The van der Waals surface area contributed by atoms with Gasteiger partial charge in [-0.05, 0) is 56.4 Å². The van der Waals surface area contributed by atoms with E-state index in [0.29, 0.717) is 30.8 Å². The molecule has 186 valence electrons. The second-order valence-electron chi connectivity index (χ2n) is 9.82. The number of nitrogens with one attached hydrogen (secondary N) is 2. The van der Waals surface area contributed by atoms with Gasteiger partial charge >= 0.3 is 0 Å². The molecule has 1 aromatic rings. The first kappa shape index (κ1) is 24.5. The Balaban J connectivity index is 1.70. The van der Waals surface area contributed by atoms with Gasteiger partial charge in [-0.15, -0.1) is 0 Å². The Labute approximate surface area is 200 Å². The Bertz CT molecular complexity index is 952. The number of likely N-dealkylation sites (tertiary alicyclic amines) is 1. The molecule has 6 atom stereocenters. The van der Waals surface area contributed by atoms with E-state index in [1.165, 1.54) is 4.90 Å². The smallest absolute Gasteiger partial charge is 0.250 e. The van der Waals surface area contributed by atoms with E-state index in [4.69, 9.17) is 9.47 Å². The molecule has 9 nitrogen and oxygen atoms in total. The first-order valence-corrected chi connectivity index (χ1v) is 12.1. The lowest BCUT2D eigenvalue weighted by Crippen LogP contribution is -2.54. The molecule has 0 aromatic heterocycles. The summed E-state index contributed by atoms with van der Waals surface area (Å²) in [6.45, 7) is 6.51. The van der Waals surface area contributed by atoms with Crippen molar-refractivity contribution in [1.82, 2.24) is 10.2 Å². The van der Waals surface area contributed by atoms with Crippen LogP contribution in [-0.4, -0.2) is 71.8 Å². The lowest BCUT2D eigenvalue weighted by molar-refractivity contribution is -0.146. The highest BCUT2D eigenvalue weighted by Crippen LogP contribution is 2.65. The maximum atomic E-state index is 13.8. The highest BCUT2D eigenvalue weighted by Gasteiger charge is 2.79. The summed E-state index contributed by atoms with van der Waals surface area (Å²) in [5, 5.41) is 15.3. The number of aliphatic hydroxyl groups is 1. The number of rotatable bonds is 9. The SMILES string of the molecule is CCCNC(=O)[C@@H]1[C@H]2C(=O)N(CCCO)C(C(=O)Nc3ccc(OC)cc3)C23CC(C)[C@@]1(C)O3. The van der Waals surface area contributed by atoms with Crippen molar-refractivity contribution in [3.05, 3.63) is 24.3 Å². The largest absolute Gasteiger partial charge is 0.497 e. The van der Waals surface area contributed by atoms with Crippen molar-refractivity contribution in [2.45, 2.75) is 57.3 Å². The van der Waals surface area contributed by atoms with Crippen molar-refractivity contribution in [3.63, 3.8) is 0 Å². The fraction of sp³-hybridized carbons (Fsp3) is 0.640. The van der Waals surface area contributed by atoms with Gasteiger partial charge < -0.3 is 30.1 Å². The maximum Gasteiger partial charge on any atom is 0.250 e. The molecule has 1 aromatic carbocycles. The maximum absolute atomic E-state index is 13.8. The van der Waals surface area contributed by atoms with Gasteiger partial charge in [-0.2, -0.15) is 0 Å². The van der Waals surface area contributed by atoms with E-state index >= 15 is 0 Å². The standard InChI is InChI=1S/C25H35N3O6/c1-5-11-26-21(30)18-19-23(32)28(12-6-13-29)20(25(19)14-15(2)24(18,3)34-25)22(31)27-16-7-9-17(33-4)10-8-16/h7-10,15,18-20,29H,5-6,11-14H2,1-4H3,(H,26,30)(H,27,31)/t15?,18-,19-,20?,24+,25?/m0/s1. The van der Waals surface area contributed by atoms with Crippen molar-refractivity contribution >= 4 is 23.4 Å². The summed E-state index contributed by atoms with van der Waals surface area (Å²) in [6.07, 6.45) is 1.62. The summed E-state index contributed by atoms with van der Waals surface area (Å²) in [4.78, 5) is 42.2. The van der Waals surface area contributed by atoms with Gasteiger partial charge in [-0.3, -0.25) is 14.4 Å². The fourth-order valence-electron chi connectivity index (χ4n) is 6.16. The molecule has 3 fully saturated rings. The highest BCUT2D eigenvalue weighted by molar-refractivity contribution is 6.03. The van der Waals surface area contributed by atoms with Crippen LogP contribution in [0.25, 0.3) is 0 Å². The second-order valence-corrected chi connectivity index (χ2v) is 9.82. The normalized spacial score (nSPS) is 33.7. The Hall–Kier alpha value is -2.65. The van der Waals surface area contributed by atoms with Crippen molar-refractivity contribution in [3.8, 4) is 5.75 Å². The van der Waals surface area contributed by atoms with Gasteiger partial charge in [0.15, 0.2) is 0 Å². The molecule has 3 aliphatic rings. The van der Waals surface area contributed by atoms with Gasteiger partial charge in [0, 0.05) is 25.4 Å². The van der Waals surface area contributed by atoms with Crippen molar-refractivity contribution < 1.29 is 29.0 Å². The number of methoxy groups -OCH3 is 1. The minimum atomic E-state index is -1.09. The third kappa shape index (κ3) is 3.65. The molecule has 0 aliphatic carbocycles. The Morgan fingerprint density at radius 1 is 1.26 bits per heavy atom. The third-order valence-corrected chi connectivity index (χ3v) is 7.81. The van der Waals surface area contributed by atoms with Crippen LogP contribution < -0.4 is 15.4 Å². The molecular formula is C25H35N3O6. The minimum absolute atomic E-state index is 0.0111. The van der Waals surface area contributed by atoms with Crippen molar-refractivity contribution in [2.75, 3.05) is 32.1 Å². The number of carbonyl (C=O) groups excluding carboxylic acids is 3. The van der Waals surface area contributed by atoms with Gasteiger partial charge in [0.2, 0.25) is 17.7 Å². The molecule has 4 rings (SSSR count). The quantitative estimate of drug-likeness (QED) is 0.501. The first-order chi connectivity index (χ1) is 16.2. The molecule has 1 spiro atoms. The molecule has 3 heterocycles. The topological polar surface area (TPSA) is 117 Å². The first-order valence-electron chi connectivity index (χ1n) is 12.1. The molecule has 34 heavy (non-hydrogen) atoms. The van der Waals surface area contributed by atoms with E-state index in [-0.39, 0.29) is 36.8 Å². The number of ether oxygens (including phenoxy) is 2. The van der Waals surface area contributed by atoms with Crippen molar-refractivity contribution in [1.29, 1.82) is 0 Å². The van der Waals surface area contributed by atoms with Gasteiger partial charge in [-0.1, -0.05) is 13.8 Å². The number of carbonyl (C=O) groups is 3. The van der Waals surface area contributed by atoms with E-state index in [9.17, 15) is 19.5 Å². The van der Waals surface area contributed by atoms with Crippen molar-refractivity contribution in [2.24, 2.45) is 17.8 Å². The van der Waals surface area contributed by atoms with E-state index in [1.54, 1.807) is 31.4 Å². The van der Waals surface area contributed by atoms with Crippen LogP contribution in [0.2, 0.25) is 0 Å². The molecule has 9 heteroatoms. The highest BCUT2D eigenvalue weighted by atomic mass is 16.5. The number of aliphatic hydroxyl groups excluding tert-OH is 1. The van der Waals surface area contributed by atoms with Gasteiger partial charge in [0.25, 0.3) is 0 Å². The van der Waals surface area contributed by atoms with Crippen LogP contribution in [0.4, 0.5) is 5.69 Å². The lowest BCUT2D eigenvalue weighted by Gasteiger charge is -2.36. The molecule has 3 N–H and O–H groups in total. The van der Waals surface area contributed by atoms with Crippen LogP contribution in [0, 0.1) is 17.8 Å². The van der Waals surface area contributed by atoms with Crippen LogP contribution >= 0.6 is 0 Å². The monoisotopic (exact) mass is 473 g/mol. The van der Waals surface area contributed by atoms with Crippen LogP contribution in [-0.2, 0) is 19.1 Å². The summed E-state index contributed by atoms with van der Waals surface area (Å²) in [7, 11) is 1.57. The average molecular weight is 474 g/mol. The number of fused-ring (bicyclic) bond motifs is 1. The molecule has 2 bridgehead atoms. The number of amides is 3. The van der Waals surface area contributed by atoms with E-state index in [0.717, 1.165) is 6.42 Å². The second kappa shape index (κ2) is 9.19. The number of hydrogen-bond donors (Lipinski definition) is 3. The number of anilines is 1. The van der Waals surface area contributed by atoms with Crippen LogP contribution in [0.5, 0.6) is 5.75 Å². The van der Waals surface area contributed by atoms with Gasteiger partial charge in [0.05, 0.1) is 24.5 Å². The third-order valence-electron chi connectivity index (χ3n) is 7.81. The predicted octanol–water partition coefficient (Wildman–Crippen LogP) is 1.55. The Kier molecular flexibility index (Phi) is 6.61.